The number of amides is 1. The van der Waals surface area contributed by atoms with E-state index in [0.29, 0.717) is 12.0 Å². The van der Waals surface area contributed by atoms with Gasteiger partial charge in [0, 0.05) is 38.9 Å². The minimum Gasteiger partial charge on any atom is -0.347 e. The van der Waals surface area contributed by atoms with E-state index in [-0.39, 0.29) is 5.91 Å². The Labute approximate surface area is 102 Å². The number of rotatable bonds is 1. The van der Waals surface area contributed by atoms with E-state index in [9.17, 15) is 4.79 Å². The van der Waals surface area contributed by atoms with Crippen LogP contribution in [0, 0.1) is 5.92 Å². The second kappa shape index (κ2) is 4.18. The largest absolute Gasteiger partial charge is 0.347 e. The first-order valence-electron chi connectivity index (χ1n) is 6.40. The van der Waals surface area contributed by atoms with Crippen molar-refractivity contribution in [2.45, 2.75) is 18.9 Å². The van der Waals surface area contributed by atoms with Crippen LogP contribution in [0.2, 0.25) is 0 Å². The molecule has 2 atom stereocenters. The zero-order valence-electron chi connectivity index (χ0n) is 10.2. The summed E-state index contributed by atoms with van der Waals surface area (Å²) in [5, 5.41) is 3.41. The van der Waals surface area contributed by atoms with Gasteiger partial charge in [-0.1, -0.05) is 0 Å². The third kappa shape index (κ3) is 1.76. The summed E-state index contributed by atoms with van der Waals surface area (Å²) < 4.78 is 1.91. The number of hydrogen-bond donors (Lipinski definition) is 1. The van der Waals surface area contributed by atoms with E-state index in [0.717, 1.165) is 31.7 Å². The maximum atomic E-state index is 12.5. The second-order valence-corrected chi connectivity index (χ2v) is 5.13. The van der Waals surface area contributed by atoms with Gasteiger partial charge in [0.2, 0.25) is 0 Å². The summed E-state index contributed by atoms with van der Waals surface area (Å²) in [6.07, 6.45) is 4.33. The van der Waals surface area contributed by atoms with Crippen LogP contribution in [-0.2, 0) is 7.05 Å². The molecule has 4 heteroatoms. The number of fused-ring (bicyclic) bond motifs is 1. The van der Waals surface area contributed by atoms with Gasteiger partial charge < -0.3 is 14.8 Å². The molecule has 0 radical (unpaired) electrons. The number of aromatic nitrogens is 1. The molecule has 0 aromatic carbocycles. The molecule has 4 nitrogen and oxygen atoms in total. The molecule has 1 amide bonds. The number of carbonyl (C=O) groups is 1. The molecule has 2 aliphatic rings. The molecule has 0 aliphatic carbocycles. The molecule has 2 aliphatic heterocycles. The molecule has 3 heterocycles. The zero-order valence-corrected chi connectivity index (χ0v) is 10.2. The van der Waals surface area contributed by atoms with E-state index in [4.69, 9.17) is 0 Å². The number of piperidine rings is 1. The van der Waals surface area contributed by atoms with Gasteiger partial charge in [-0.05, 0) is 30.9 Å². The van der Waals surface area contributed by atoms with Crippen molar-refractivity contribution in [2.75, 3.05) is 19.6 Å². The molecule has 2 unspecified atom stereocenters. The van der Waals surface area contributed by atoms with E-state index in [1.54, 1.807) is 0 Å². The van der Waals surface area contributed by atoms with Gasteiger partial charge in [0.15, 0.2) is 0 Å². The number of nitrogens with one attached hydrogen (secondary N) is 1. The minimum atomic E-state index is 0.191. The molecular weight excluding hydrogens is 214 g/mol. The summed E-state index contributed by atoms with van der Waals surface area (Å²) in [6, 6.07) is 4.25. The highest BCUT2D eigenvalue weighted by Gasteiger charge is 2.37. The molecule has 1 aromatic heterocycles. The van der Waals surface area contributed by atoms with E-state index >= 15 is 0 Å². The van der Waals surface area contributed by atoms with Gasteiger partial charge in [-0.3, -0.25) is 4.79 Å². The predicted molar refractivity (Wildman–Crippen MR) is 65.8 cm³/mol. The van der Waals surface area contributed by atoms with Crippen molar-refractivity contribution in [1.82, 2.24) is 14.8 Å². The van der Waals surface area contributed by atoms with Crippen molar-refractivity contribution in [2.24, 2.45) is 13.0 Å². The fourth-order valence-electron chi connectivity index (χ4n) is 3.15. The Kier molecular flexibility index (Phi) is 2.67. The van der Waals surface area contributed by atoms with Crippen molar-refractivity contribution < 1.29 is 4.79 Å². The summed E-state index contributed by atoms with van der Waals surface area (Å²) in [5.74, 6) is 0.851. The van der Waals surface area contributed by atoms with Crippen LogP contribution in [0.25, 0.3) is 0 Å². The van der Waals surface area contributed by atoms with Crippen LogP contribution >= 0.6 is 0 Å². The van der Waals surface area contributed by atoms with E-state index in [2.05, 4.69) is 10.2 Å². The van der Waals surface area contributed by atoms with Crippen molar-refractivity contribution in [1.29, 1.82) is 0 Å². The van der Waals surface area contributed by atoms with Gasteiger partial charge in [-0.15, -0.1) is 0 Å². The SMILES string of the molecule is Cn1cccc1C(=O)N1CCCC2CNCC21. The molecule has 2 saturated heterocycles. The molecule has 0 saturated carbocycles. The number of nitrogens with zero attached hydrogens (tertiary/aromatic N) is 2. The van der Waals surface area contributed by atoms with Gasteiger partial charge >= 0.3 is 0 Å². The lowest BCUT2D eigenvalue weighted by molar-refractivity contribution is 0.0565. The maximum absolute atomic E-state index is 12.5. The molecule has 3 rings (SSSR count). The molecule has 17 heavy (non-hydrogen) atoms. The summed E-state index contributed by atoms with van der Waals surface area (Å²) in [5.41, 5.74) is 0.803. The summed E-state index contributed by atoms with van der Waals surface area (Å²) in [6.45, 7) is 2.94. The lowest BCUT2D eigenvalue weighted by Gasteiger charge is -2.37. The highest BCUT2D eigenvalue weighted by Crippen LogP contribution is 2.27. The second-order valence-electron chi connectivity index (χ2n) is 5.13. The normalized spacial score (nSPS) is 28.2. The quantitative estimate of drug-likeness (QED) is 0.781. The lowest BCUT2D eigenvalue weighted by atomic mass is 9.92. The molecule has 2 fully saturated rings. The first-order valence-corrected chi connectivity index (χ1v) is 6.40. The van der Waals surface area contributed by atoms with E-state index < -0.39 is 0 Å². The topological polar surface area (TPSA) is 37.3 Å². The van der Waals surface area contributed by atoms with Crippen molar-refractivity contribution in [3.8, 4) is 0 Å². The van der Waals surface area contributed by atoms with Crippen LogP contribution < -0.4 is 5.32 Å². The number of aryl methyl sites for hydroxylation is 1. The monoisotopic (exact) mass is 233 g/mol. The van der Waals surface area contributed by atoms with Crippen LogP contribution in [0.4, 0.5) is 0 Å². The molecular formula is C13H19N3O. The Morgan fingerprint density at radius 1 is 1.47 bits per heavy atom. The fraction of sp³-hybridized carbons (Fsp3) is 0.615. The van der Waals surface area contributed by atoms with Gasteiger partial charge in [-0.2, -0.15) is 0 Å². The van der Waals surface area contributed by atoms with Crippen molar-refractivity contribution in [3.63, 3.8) is 0 Å². The van der Waals surface area contributed by atoms with Gasteiger partial charge in [0.1, 0.15) is 5.69 Å². The minimum absolute atomic E-state index is 0.191. The average molecular weight is 233 g/mol. The van der Waals surface area contributed by atoms with Gasteiger partial charge in [0.25, 0.3) is 5.91 Å². The van der Waals surface area contributed by atoms with Gasteiger partial charge in [0.05, 0.1) is 0 Å². The Hall–Kier alpha value is -1.29. The molecule has 92 valence electrons. The Morgan fingerprint density at radius 3 is 3.12 bits per heavy atom. The standard InChI is InChI=1S/C13H19N3O/c1-15-6-3-5-11(15)13(17)16-7-2-4-10-8-14-9-12(10)16/h3,5-6,10,12,14H,2,4,7-9H2,1H3. The lowest BCUT2D eigenvalue weighted by Crippen LogP contribution is -2.48. The molecule has 1 aromatic rings. The van der Waals surface area contributed by atoms with Crippen LogP contribution in [0.1, 0.15) is 23.3 Å². The molecule has 0 bridgehead atoms. The number of carbonyl (C=O) groups excluding carboxylic acids is 1. The first kappa shape index (κ1) is 10.8. The summed E-state index contributed by atoms with van der Waals surface area (Å²) in [4.78, 5) is 14.6. The Morgan fingerprint density at radius 2 is 2.35 bits per heavy atom. The summed E-state index contributed by atoms with van der Waals surface area (Å²) >= 11 is 0. The molecule has 0 spiro atoms. The highest BCUT2D eigenvalue weighted by atomic mass is 16.2. The average Bonchev–Trinajstić information content (AvgIpc) is 2.95. The zero-order chi connectivity index (χ0) is 11.8. The smallest absolute Gasteiger partial charge is 0.270 e. The predicted octanol–water partition coefficient (Wildman–Crippen LogP) is 0.849. The van der Waals surface area contributed by atoms with Crippen molar-refractivity contribution >= 4 is 5.91 Å². The van der Waals surface area contributed by atoms with Crippen LogP contribution in [-0.4, -0.2) is 41.1 Å². The third-order valence-corrected chi connectivity index (χ3v) is 4.10. The maximum Gasteiger partial charge on any atom is 0.270 e. The number of likely N-dealkylation sites (tertiary alicyclic amines) is 1. The van der Waals surface area contributed by atoms with Crippen LogP contribution in [0.3, 0.4) is 0 Å². The van der Waals surface area contributed by atoms with E-state index in [1.807, 2.05) is 29.9 Å². The van der Waals surface area contributed by atoms with E-state index in [1.165, 1.54) is 6.42 Å². The summed E-state index contributed by atoms with van der Waals surface area (Å²) in [7, 11) is 1.93. The Bertz CT molecular complexity index is 426. The highest BCUT2D eigenvalue weighted by molar-refractivity contribution is 5.93. The van der Waals surface area contributed by atoms with Crippen molar-refractivity contribution in [3.05, 3.63) is 24.0 Å². The van der Waals surface area contributed by atoms with Crippen LogP contribution in [0.5, 0.6) is 0 Å². The first-order chi connectivity index (χ1) is 8.27. The fourth-order valence-corrected chi connectivity index (χ4v) is 3.15. The third-order valence-electron chi connectivity index (χ3n) is 4.10. The Balaban J connectivity index is 1.83. The molecule has 1 N–H and O–H groups in total. The van der Waals surface area contributed by atoms with Crippen LogP contribution in [0.15, 0.2) is 18.3 Å². The van der Waals surface area contributed by atoms with Gasteiger partial charge in [-0.25, -0.2) is 0 Å². The number of hydrogen-bond acceptors (Lipinski definition) is 2.